The maximum absolute atomic E-state index is 13.2. The van der Waals surface area contributed by atoms with Gasteiger partial charge in [0.2, 0.25) is 10.0 Å². The van der Waals surface area contributed by atoms with Crippen molar-refractivity contribution in [3.63, 3.8) is 0 Å². The van der Waals surface area contributed by atoms with Gasteiger partial charge in [-0.2, -0.15) is 4.31 Å². The number of hydrogen-bond acceptors (Lipinski definition) is 6. The van der Waals surface area contributed by atoms with E-state index in [1.807, 2.05) is 19.1 Å². The summed E-state index contributed by atoms with van der Waals surface area (Å²) in [6.45, 7) is 5.49. The normalized spacial score (nSPS) is 15.4. The summed E-state index contributed by atoms with van der Waals surface area (Å²) in [6, 6.07) is 6.92. The van der Waals surface area contributed by atoms with E-state index < -0.39 is 34.4 Å². The van der Waals surface area contributed by atoms with Crippen molar-refractivity contribution in [3.05, 3.63) is 52.3 Å². The zero-order valence-electron chi connectivity index (χ0n) is 18.2. The quantitative estimate of drug-likeness (QED) is 0.503. The van der Waals surface area contributed by atoms with Crippen LogP contribution in [-0.4, -0.2) is 49.3 Å². The van der Waals surface area contributed by atoms with Gasteiger partial charge in [0.15, 0.2) is 11.8 Å². The number of nitrogens with one attached hydrogen (secondary N) is 1. The molecule has 0 bridgehead atoms. The first-order valence-corrected chi connectivity index (χ1v) is 12.1. The molecule has 0 aliphatic carbocycles. The van der Waals surface area contributed by atoms with Gasteiger partial charge in [0.05, 0.1) is 16.5 Å². The fourth-order valence-corrected chi connectivity index (χ4v) is 6.00. The van der Waals surface area contributed by atoms with E-state index in [1.54, 1.807) is 26.0 Å². The maximum Gasteiger partial charge on any atom is 0.309 e. The van der Waals surface area contributed by atoms with Gasteiger partial charge in [0.1, 0.15) is 0 Å². The second kappa shape index (κ2) is 9.97. The number of amides is 1. The third-order valence-corrected chi connectivity index (χ3v) is 7.87. The lowest BCUT2D eigenvalue weighted by Gasteiger charge is -2.31. The topological polar surface area (TPSA) is 106 Å². The van der Waals surface area contributed by atoms with E-state index in [-0.39, 0.29) is 18.2 Å². The molecule has 1 aliphatic heterocycles. The van der Waals surface area contributed by atoms with E-state index in [4.69, 9.17) is 16.3 Å². The summed E-state index contributed by atoms with van der Waals surface area (Å²) >= 11 is 5.89. The smallest absolute Gasteiger partial charge is 0.309 e. The number of carbonyl (C=O) groups is 2. The monoisotopic (exact) mass is 479 g/mol. The van der Waals surface area contributed by atoms with Crippen molar-refractivity contribution in [2.75, 3.05) is 25.0 Å². The number of nitrogens with zero attached hydrogens (tertiary/aromatic N) is 2. The molecule has 0 saturated carbocycles. The lowest BCUT2D eigenvalue weighted by atomic mass is 9.98. The van der Waals surface area contributed by atoms with Crippen LogP contribution in [0.4, 0.5) is 5.69 Å². The summed E-state index contributed by atoms with van der Waals surface area (Å²) in [6.07, 6.45) is 2.15. The van der Waals surface area contributed by atoms with Gasteiger partial charge in [0, 0.05) is 19.3 Å². The highest BCUT2D eigenvalue weighted by Gasteiger charge is 2.34. The Balaban J connectivity index is 1.54. The molecule has 1 aromatic carbocycles. The number of rotatable bonds is 6. The second-order valence-corrected chi connectivity index (χ2v) is 10.1. The number of benzene rings is 1. The predicted molar refractivity (Wildman–Crippen MR) is 121 cm³/mol. The molecule has 8 nitrogen and oxygen atoms in total. The zero-order chi connectivity index (χ0) is 23.5. The van der Waals surface area contributed by atoms with E-state index >= 15 is 0 Å². The van der Waals surface area contributed by atoms with Gasteiger partial charge < -0.3 is 10.1 Å². The minimum absolute atomic E-state index is 0.139. The van der Waals surface area contributed by atoms with Crippen LogP contribution >= 0.6 is 11.6 Å². The number of halogens is 1. The van der Waals surface area contributed by atoms with Gasteiger partial charge >= 0.3 is 5.97 Å². The largest absolute Gasteiger partial charge is 0.455 e. The number of anilines is 1. The predicted octanol–water partition coefficient (Wildman–Crippen LogP) is 3.24. The Morgan fingerprint density at radius 1 is 1.19 bits per heavy atom. The highest BCUT2D eigenvalue weighted by Crippen LogP contribution is 2.29. The van der Waals surface area contributed by atoms with Crippen LogP contribution in [0.25, 0.3) is 0 Å². The van der Waals surface area contributed by atoms with Crippen LogP contribution in [-0.2, 0) is 24.3 Å². The minimum atomic E-state index is -3.65. The molecule has 32 heavy (non-hydrogen) atoms. The number of esters is 1. The average Bonchev–Trinajstić information content (AvgIpc) is 2.73. The average molecular weight is 480 g/mol. The summed E-state index contributed by atoms with van der Waals surface area (Å²) in [5, 5.41) is 2.67. The SMILES string of the molecule is Cc1cc(C)c(S(=O)(=O)N2CCC(C(=O)OCC(=O)Nc3cccnc3Cl)CC2)c(C)c1. The molecular formula is C22H26ClN3O5S. The first-order valence-electron chi connectivity index (χ1n) is 10.2. The summed E-state index contributed by atoms with van der Waals surface area (Å²) in [7, 11) is -3.65. The summed E-state index contributed by atoms with van der Waals surface area (Å²) in [5.41, 5.74) is 2.76. The molecule has 3 rings (SSSR count). The van der Waals surface area contributed by atoms with E-state index in [1.165, 1.54) is 10.5 Å². The van der Waals surface area contributed by atoms with E-state index in [2.05, 4.69) is 10.3 Å². The maximum atomic E-state index is 13.2. The number of pyridine rings is 1. The van der Waals surface area contributed by atoms with Crippen molar-refractivity contribution in [1.29, 1.82) is 0 Å². The van der Waals surface area contributed by atoms with Crippen LogP contribution in [0.3, 0.4) is 0 Å². The molecule has 1 amide bonds. The first kappa shape index (κ1) is 24.2. The van der Waals surface area contributed by atoms with Crippen molar-refractivity contribution in [2.24, 2.45) is 5.92 Å². The first-order chi connectivity index (χ1) is 15.1. The van der Waals surface area contributed by atoms with E-state index in [0.717, 1.165) is 5.56 Å². The minimum Gasteiger partial charge on any atom is -0.455 e. The van der Waals surface area contributed by atoms with E-state index in [9.17, 15) is 18.0 Å². The number of aromatic nitrogens is 1. The third-order valence-electron chi connectivity index (χ3n) is 5.37. The van der Waals surface area contributed by atoms with Crippen molar-refractivity contribution in [3.8, 4) is 0 Å². The van der Waals surface area contributed by atoms with Gasteiger partial charge in [-0.3, -0.25) is 9.59 Å². The number of sulfonamides is 1. The van der Waals surface area contributed by atoms with Gasteiger partial charge in [-0.05, 0) is 56.9 Å². The Bertz CT molecular complexity index is 1110. The molecule has 1 saturated heterocycles. The van der Waals surface area contributed by atoms with Crippen LogP contribution < -0.4 is 5.32 Å². The molecule has 2 heterocycles. The summed E-state index contributed by atoms with van der Waals surface area (Å²) < 4.78 is 32.9. The van der Waals surface area contributed by atoms with Crippen LogP contribution in [0.1, 0.15) is 29.5 Å². The van der Waals surface area contributed by atoms with Crippen LogP contribution in [0.2, 0.25) is 5.15 Å². The number of carbonyl (C=O) groups excluding carboxylic acids is 2. The Morgan fingerprint density at radius 3 is 2.41 bits per heavy atom. The Hall–Kier alpha value is -2.49. The molecule has 0 spiro atoms. The molecule has 2 aromatic rings. The zero-order valence-corrected chi connectivity index (χ0v) is 19.8. The van der Waals surface area contributed by atoms with Crippen molar-refractivity contribution in [1.82, 2.24) is 9.29 Å². The van der Waals surface area contributed by atoms with E-state index in [0.29, 0.717) is 34.6 Å². The van der Waals surface area contributed by atoms with Crippen LogP contribution in [0.5, 0.6) is 0 Å². The highest BCUT2D eigenvalue weighted by atomic mass is 35.5. The molecule has 10 heteroatoms. The molecule has 1 fully saturated rings. The summed E-state index contributed by atoms with van der Waals surface area (Å²) in [4.78, 5) is 28.6. The van der Waals surface area contributed by atoms with Crippen LogP contribution in [0.15, 0.2) is 35.4 Å². The molecule has 172 valence electrons. The fraction of sp³-hybridized carbons (Fsp3) is 0.409. The number of piperidine rings is 1. The van der Waals surface area contributed by atoms with Gasteiger partial charge in [-0.1, -0.05) is 29.3 Å². The standard InChI is InChI=1S/C22H26ClN3O5S/c1-14-11-15(2)20(16(3)12-14)32(29,30)26-9-6-17(7-10-26)22(28)31-13-19(27)25-18-5-4-8-24-21(18)23/h4-5,8,11-12,17H,6-7,9-10,13H2,1-3H3,(H,25,27). The number of hydrogen-bond donors (Lipinski definition) is 1. The Labute approximate surface area is 193 Å². The van der Waals surface area contributed by atoms with Gasteiger partial charge in [-0.15, -0.1) is 0 Å². The van der Waals surface area contributed by atoms with Gasteiger partial charge in [0.25, 0.3) is 5.91 Å². The second-order valence-electron chi connectivity index (χ2n) is 7.90. The Morgan fingerprint density at radius 2 is 1.81 bits per heavy atom. The number of aryl methyl sites for hydroxylation is 3. The molecule has 1 aliphatic rings. The third kappa shape index (κ3) is 5.46. The lowest BCUT2D eigenvalue weighted by Crippen LogP contribution is -2.41. The highest BCUT2D eigenvalue weighted by molar-refractivity contribution is 7.89. The van der Waals surface area contributed by atoms with Crippen molar-refractivity contribution in [2.45, 2.75) is 38.5 Å². The molecule has 0 unspecified atom stereocenters. The summed E-state index contributed by atoms with van der Waals surface area (Å²) in [5.74, 6) is -1.51. The van der Waals surface area contributed by atoms with Crippen molar-refractivity contribution < 1.29 is 22.7 Å². The van der Waals surface area contributed by atoms with Crippen LogP contribution in [0, 0.1) is 26.7 Å². The molecule has 0 atom stereocenters. The van der Waals surface area contributed by atoms with Crippen molar-refractivity contribution >= 4 is 39.2 Å². The van der Waals surface area contributed by atoms with Gasteiger partial charge in [-0.25, -0.2) is 13.4 Å². The molecular weight excluding hydrogens is 454 g/mol. The lowest BCUT2D eigenvalue weighted by molar-refractivity contribution is -0.152. The molecule has 0 radical (unpaired) electrons. The molecule has 1 aromatic heterocycles. The number of ether oxygens (including phenoxy) is 1. The molecule has 1 N–H and O–H groups in total. The fourth-order valence-electron chi connectivity index (χ4n) is 3.95. The Kier molecular flexibility index (Phi) is 7.53.